The van der Waals surface area contributed by atoms with E-state index in [2.05, 4.69) is 29.0 Å². The smallest absolute Gasteiger partial charge is 0.161 e. The summed E-state index contributed by atoms with van der Waals surface area (Å²) in [5.74, 6) is 1.80. The van der Waals surface area contributed by atoms with Gasteiger partial charge in [0.2, 0.25) is 0 Å². The minimum absolute atomic E-state index is 0.0658. The van der Waals surface area contributed by atoms with Crippen molar-refractivity contribution in [2.24, 2.45) is 0 Å². The van der Waals surface area contributed by atoms with Crippen molar-refractivity contribution < 1.29 is 19.5 Å². The van der Waals surface area contributed by atoms with E-state index in [4.69, 9.17) is 9.47 Å². The Hall–Kier alpha value is -1.72. The van der Waals surface area contributed by atoms with Crippen molar-refractivity contribution in [2.75, 3.05) is 27.8 Å². The van der Waals surface area contributed by atoms with Gasteiger partial charge in [0.25, 0.3) is 0 Å². The number of methoxy groups -OCH3 is 2. The Morgan fingerprint density at radius 2 is 1.78 bits per heavy atom. The molecule has 2 aromatic rings. The van der Waals surface area contributed by atoms with Gasteiger partial charge in [-0.05, 0) is 35.9 Å². The fourth-order valence-corrected chi connectivity index (χ4v) is 3.73. The molecule has 1 unspecified atom stereocenters. The molecule has 0 aliphatic carbocycles. The third kappa shape index (κ3) is 2.91. The van der Waals surface area contributed by atoms with Gasteiger partial charge in [-0.25, -0.2) is 0 Å². The van der Waals surface area contributed by atoms with E-state index in [1.807, 2.05) is 18.2 Å². The molecule has 0 fully saturated rings. The fourth-order valence-electron chi connectivity index (χ4n) is 3.35. The van der Waals surface area contributed by atoms with Gasteiger partial charge in [0, 0.05) is 16.5 Å². The lowest BCUT2D eigenvalue weighted by molar-refractivity contribution is -0.908. The Bertz CT molecular complexity index is 732. The summed E-state index contributed by atoms with van der Waals surface area (Å²) in [6, 6.07) is 9.75. The van der Waals surface area contributed by atoms with Crippen molar-refractivity contribution in [3.05, 3.63) is 51.5 Å². The molecule has 4 nitrogen and oxygen atoms in total. The Labute approximate surface area is 144 Å². The van der Waals surface area contributed by atoms with Crippen molar-refractivity contribution in [3.63, 3.8) is 0 Å². The second kappa shape index (κ2) is 6.42. The van der Waals surface area contributed by atoms with Crippen LogP contribution in [-0.4, -0.2) is 32.9 Å². The van der Waals surface area contributed by atoms with Crippen LogP contribution in [-0.2, 0) is 6.42 Å². The molecule has 122 valence electrons. The van der Waals surface area contributed by atoms with Gasteiger partial charge in [-0.2, -0.15) is 0 Å². The quantitative estimate of drug-likeness (QED) is 0.861. The SMILES string of the molecule is COc1cc2c(cc1OC)[C@H](c1cc(Br)ccc1O)[NH+](C)CC2. The van der Waals surface area contributed by atoms with E-state index in [9.17, 15) is 5.11 Å². The van der Waals surface area contributed by atoms with E-state index < -0.39 is 0 Å². The van der Waals surface area contributed by atoms with Gasteiger partial charge in [0.1, 0.15) is 11.8 Å². The molecule has 0 spiro atoms. The Kier molecular flexibility index (Phi) is 4.50. The molecule has 0 saturated heterocycles. The van der Waals surface area contributed by atoms with Crippen LogP contribution >= 0.6 is 15.9 Å². The van der Waals surface area contributed by atoms with Gasteiger partial charge in [-0.3, -0.25) is 0 Å². The molecular weight excluding hydrogens is 358 g/mol. The number of quaternary nitrogens is 1. The first kappa shape index (κ1) is 16.1. The maximum Gasteiger partial charge on any atom is 0.161 e. The van der Waals surface area contributed by atoms with E-state index in [-0.39, 0.29) is 6.04 Å². The zero-order valence-corrected chi connectivity index (χ0v) is 15.1. The minimum atomic E-state index is 0.0658. The number of rotatable bonds is 3. The second-order valence-electron chi connectivity index (χ2n) is 5.89. The van der Waals surface area contributed by atoms with Gasteiger partial charge in [0.05, 0.1) is 33.4 Å². The predicted octanol–water partition coefficient (Wildman–Crippen LogP) is 2.33. The number of nitrogens with one attached hydrogen (secondary N) is 1. The summed E-state index contributed by atoms with van der Waals surface area (Å²) in [6.07, 6.45) is 0.979. The van der Waals surface area contributed by atoms with Crippen LogP contribution in [0.2, 0.25) is 0 Å². The number of aromatic hydroxyl groups is 1. The summed E-state index contributed by atoms with van der Waals surface area (Å²) in [5, 5.41) is 10.4. The van der Waals surface area contributed by atoms with Crippen LogP contribution < -0.4 is 14.4 Å². The highest BCUT2D eigenvalue weighted by Crippen LogP contribution is 2.38. The Morgan fingerprint density at radius 1 is 1.09 bits per heavy atom. The topological polar surface area (TPSA) is 43.1 Å². The lowest BCUT2D eigenvalue weighted by Crippen LogP contribution is -3.10. The molecule has 0 amide bonds. The number of phenols is 1. The van der Waals surface area contributed by atoms with Crippen LogP contribution in [0.25, 0.3) is 0 Å². The van der Waals surface area contributed by atoms with Crippen molar-refractivity contribution in [1.29, 1.82) is 0 Å². The van der Waals surface area contributed by atoms with Gasteiger partial charge >= 0.3 is 0 Å². The van der Waals surface area contributed by atoms with Gasteiger partial charge < -0.3 is 19.5 Å². The summed E-state index contributed by atoms with van der Waals surface area (Å²) in [7, 11) is 5.46. The average Bonchev–Trinajstić information content (AvgIpc) is 2.56. The first-order valence-corrected chi connectivity index (χ1v) is 8.40. The van der Waals surface area contributed by atoms with Crippen molar-refractivity contribution in [1.82, 2.24) is 0 Å². The Morgan fingerprint density at radius 3 is 2.48 bits per heavy atom. The largest absolute Gasteiger partial charge is 0.507 e. The number of likely N-dealkylation sites (N-methyl/N-ethyl adjacent to an activating group) is 1. The molecule has 1 heterocycles. The molecule has 23 heavy (non-hydrogen) atoms. The lowest BCUT2D eigenvalue weighted by Gasteiger charge is -2.33. The monoisotopic (exact) mass is 378 g/mol. The first-order chi connectivity index (χ1) is 11.0. The highest BCUT2D eigenvalue weighted by molar-refractivity contribution is 9.10. The standard InChI is InChI=1S/C18H20BrNO3/c1-20-7-6-11-8-16(22-2)17(23-3)10-13(11)18(20)14-9-12(19)4-5-15(14)21/h4-5,8-10,18,21H,6-7H2,1-3H3/p+1/t18-/m1/s1. The number of fused-ring (bicyclic) bond motifs is 1. The number of phenolic OH excluding ortho intramolecular Hbond substituents is 1. The number of ether oxygens (including phenoxy) is 2. The highest BCUT2D eigenvalue weighted by Gasteiger charge is 2.33. The minimum Gasteiger partial charge on any atom is -0.507 e. The van der Waals surface area contributed by atoms with Crippen molar-refractivity contribution in [3.8, 4) is 17.2 Å². The van der Waals surface area contributed by atoms with Gasteiger partial charge in [0.15, 0.2) is 11.5 Å². The number of hydrogen-bond acceptors (Lipinski definition) is 3. The van der Waals surface area contributed by atoms with Crippen LogP contribution in [0.15, 0.2) is 34.8 Å². The molecule has 2 N–H and O–H groups in total. The van der Waals surface area contributed by atoms with Crippen LogP contribution in [0.3, 0.4) is 0 Å². The van der Waals surface area contributed by atoms with Crippen molar-refractivity contribution in [2.45, 2.75) is 12.5 Å². The molecule has 3 rings (SSSR count). The van der Waals surface area contributed by atoms with Crippen LogP contribution in [0.4, 0.5) is 0 Å². The molecule has 0 bridgehead atoms. The maximum absolute atomic E-state index is 10.4. The van der Waals surface area contributed by atoms with Gasteiger partial charge in [-0.1, -0.05) is 15.9 Å². The van der Waals surface area contributed by atoms with E-state index in [1.54, 1.807) is 20.3 Å². The summed E-state index contributed by atoms with van der Waals surface area (Å²) in [6.45, 7) is 0.999. The van der Waals surface area contributed by atoms with E-state index in [0.717, 1.165) is 34.5 Å². The fraction of sp³-hybridized carbons (Fsp3) is 0.333. The third-order valence-corrected chi connectivity index (χ3v) is 5.03. The van der Waals surface area contributed by atoms with Crippen molar-refractivity contribution >= 4 is 15.9 Å². The summed E-state index contributed by atoms with van der Waals surface area (Å²) in [4.78, 5) is 1.35. The molecule has 1 aliphatic rings. The molecule has 5 heteroatoms. The molecule has 2 aromatic carbocycles. The molecule has 0 radical (unpaired) electrons. The van der Waals surface area contributed by atoms with E-state index in [1.165, 1.54) is 16.0 Å². The third-order valence-electron chi connectivity index (χ3n) is 4.54. The zero-order chi connectivity index (χ0) is 16.6. The summed E-state index contributed by atoms with van der Waals surface area (Å²) in [5.41, 5.74) is 3.35. The Balaban J connectivity index is 2.18. The van der Waals surface area contributed by atoms with Crippen LogP contribution in [0, 0.1) is 0 Å². The normalized spacial score (nSPS) is 20.0. The molecule has 1 aliphatic heterocycles. The molecule has 0 aromatic heterocycles. The van der Waals surface area contributed by atoms with E-state index in [0.29, 0.717) is 5.75 Å². The second-order valence-corrected chi connectivity index (χ2v) is 6.80. The van der Waals surface area contributed by atoms with Crippen LogP contribution in [0.5, 0.6) is 17.2 Å². The maximum atomic E-state index is 10.4. The molecule has 0 saturated carbocycles. The molecular formula is C18H21BrNO3+. The number of halogens is 1. The van der Waals surface area contributed by atoms with Crippen LogP contribution in [0.1, 0.15) is 22.7 Å². The van der Waals surface area contributed by atoms with E-state index >= 15 is 0 Å². The number of benzene rings is 2. The predicted molar refractivity (Wildman–Crippen MR) is 92.7 cm³/mol. The van der Waals surface area contributed by atoms with Gasteiger partial charge in [-0.15, -0.1) is 0 Å². The zero-order valence-electron chi connectivity index (χ0n) is 13.5. The summed E-state index contributed by atoms with van der Waals surface area (Å²) < 4.78 is 11.9. The number of hydrogen-bond donors (Lipinski definition) is 2. The average molecular weight is 379 g/mol. The molecule has 2 atom stereocenters. The summed E-state index contributed by atoms with van der Waals surface area (Å²) >= 11 is 3.51. The highest BCUT2D eigenvalue weighted by atomic mass is 79.9. The lowest BCUT2D eigenvalue weighted by atomic mass is 9.87. The first-order valence-electron chi connectivity index (χ1n) is 7.60.